The number of morpholine rings is 1. The molecule has 0 saturated carbocycles. The van der Waals surface area contributed by atoms with Gasteiger partial charge >= 0.3 is 0 Å². The van der Waals surface area contributed by atoms with Gasteiger partial charge in [0, 0.05) is 26.1 Å². The quantitative estimate of drug-likeness (QED) is 0.756. The average Bonchev–Trinajstić information content (AvgIpc) is 2.46. The van der Waals surface area contributed by atoms with Crippen LogP contribution in [0, 0.1) is 0 Å². The van der Waals surface area contributed by atoms with Crippen LogP contribution in [0.4, 0.5) is 0 Å². The van der Waals surface area contributed by atoms with Crippen LogP contribution in [0.3, 0.4) is 0 Å². The highest BCUT2D eigenvalue weighted by atomic mass is 16.5. The molecule has 0 spiro atoms. The van der Waals surface area contributed by atoms with Crippen LogP contribution in [0.2, 0.25) is 0 Å². The molecule has 0 amide bonds. The molecule has 0 aliphatic carbocycles. The van der Waals surface area contributed by atoms with E-state index in [0.717, 1.165) is 19.6 Å². The lowest BCUT2D eigenvalue weighted by Crippen LogP contribution is -2.46. The summed E-state index contributed by atoms with van der Waals surface area (Å²) in [4.78, 5) is 14.2. The number of carbonyl (C=O) groups is 1. The highest BCUT2D eigenvalue weighted by molar-refractivity contribution is 5.98. The number of hydrogen-bond donors (Lipinski definition) is 0. The number of hydrogen-bond acceptors (Lipinski definition) is 4. The molecular weight excluding hydrogens is 266 g/mol. The summed E-state index contributed by atoms with van der Waals surface area (Å²) in [6.45, 7) is 9.37. The first kappa shape index (κ1) is 16.0. The monoisotopic (exact) mass is 291 g/mol. The minimum Gasteiger partial charge on any atom is -0.491 e. The zero-order chi connectivity index (χ0) is 15.2. The summed E-state index contributed by atoms with van der Waals surface area (Å²) >= 11 is 0. The van der Waals surface area contributed by atoms with Crippen molar-refractivity contribution in [1.29, 1.82) is 0 Å². The van der Waals surface area contributed by atoms with E-state index in [1.807, 2.05) is 31.2 Å². The topological polar surface area (TPSA) is 38.8 Å². The lowest BCUT2D eigenvalue weighted by atomic mass is 10.1. The van der Waals surface area contributed by atoms with Crippen molar-refractivity contribution < 1.29 is 14.3 Å². The van der Waals surface area contributed by atoms with Gasteiger partial charge in [-0.25, -0.2) is 0 Å². The molecule has 116 valence electrons. The van der Waals surface area contributed by atoms with Gasteiger partial charge in [-0.05, 0) is 26.0 Å². The molecule has 0 unspecified atom stereocenters. The molecule has 0 radical (unpaired) electrons. The van der Waals surface area contributed by atoms with Gasteiger partial charge in [0.15, 0.2) is 5.78 Å². The maximum absolute atomic E-state index is 11.9. The molecule has 1 aliphatic heterocycles. The minimum atomic E-state index is 0.124. The van der Waals surface area contributed by atoms with Crippen LogP contribution in [-0.2, 0) is 4.74 Å². The Hall–Kier alpha value is -1.39. The van der Waals surface area contributed by atoms with E-state index in [1.165, 1.54) is 0 Å². The predicted molar refractivity (Wildman–Crippen MR) is 83.0 cm³/mol. The summed E-state index contributed by atoms with van der Waals surface area (Å²) in [6, 6.07) is 7.48. The Balaban J connectivity index is 1.87. The van der Waals surface area contributed by atoms with Crippen LogP contribution in [0.15, 0.2) is 24.3 Å². The molecule has 1 heterocycles. The highest BCUT2D eigenvalue weighted by Gasteiger charge is 2.21. The Morgan fingerprint density at radius 1 is 1.29 bits per heavy atom. The molecule has 0 bridgehead atoms. The van der Waals surface area contributed by atoms with Gasteiger partial charge in [-0.3, -0.25) is 9.69 Å². The van der Waals surface area contributed by atoms with Crippen molar-refractivity contribution in [1.82, 2.24) is 4.90 Å². The first-order valence-electron chi connectivity index (χ1n) is 7.73. The minimum absolute atomic E-state index is 0.124. The standard InChI is InChI=1S/C17H25NO3/c1-4-16(19)15-7-5-6-8-17(15)20-10-9-18-11-13(2)21-14(3)12-18/h5-8,13-14H,4,9-12H2,1-3H3/t13-,14-/m0/s1. The zero-order valence-electron chi connectivity index (χ0n) is 13.2. The van der Waals surface area contributed by atoms with E-state index in [1.54, 1.807) is 0 Å². The second kappa shape index (κ2) is 7.57. The Bertz CT molecular complexity index is 465. The summed E-state index contributed by atoms with van der Waals surface area (Å²) < 4.78 is 11.5. The van der Waals surface area contributed by atoms with Crippen LogP contribution in [0.5, 0.6) is 5.75 Å². The lowest BCUT2D eigenvalue weighted by molar-refractivity contribution is -0.0699. The predicted octanol–water partition coefficient (Wildman–Crippen LogP) is 2.77. The van der Waals surface area contributed by atoms with E-state index in [2.05, 4.69) is 18.7 Å². The van der Waals surface area contributed by atoms with E-state index >= 15 is 0 Å². The molecule has 0 N–H and O–H groups in total. The summed E-state index contributed by atoms with van der Waals surface area (Å²) in [6.07, 6.45) is 1.03. The van der Waals surface area contributed by atoms with Gasteiger partial charge in [-0.15, -0.1) is 0 Å². The van der Waals surface area contributed by atoms with Crippen molar-refractivity contribution in [2.75, 3.05) is 26.2 Å². The molecule has 1 saturated heterocycles. The summed E-state index contributed by atoms with van der Waals surface area (Å²) in [5.41, 5.74) is 0.684. The zero-order valence-corrected chi connectivity index (χ0v) is 13.2. The third-order valence-corrected chi connectivity index (χ3v) is 3.67. The maximum Gasteiger partial charge on any atom is 0.166 e. The number of benzene rings is 1. The molecule has 1 aromatic carbocycles. The fourth-order valence-electron chi connectivity index (χ4n) is 2.76. The van der Waals surface area contributed by atoms with Gasteiger partial charge in [-0.2, -0.15) is 0 Å². The Kier molecular flexibility index (Phi) is 5.76. The van der Waals surface area contributed by atoms with Gasteiger partial charge in [0.1, 0.15) is 12.4 Å². The molecule has 1 fully saturated rings. The van der Waals surface area contributed by atoms with Gasteiger partial charge in [0.25, 0.3) is 0 Å². The molecule has 21 heavy (non-hydrogen) atoms. The smallest absolute Gasteiger partial charge is 0.166 e. The molecule has 4 nitrogen and oxygen atoms in total. The van der Waals surface area contributed by atoms with Gasteiger partial charge in [0.2, 0.25) is 0 Å². The largest absolute Gasteiger partial charge is 0.491 e. The number of ether oxygens (including phenoxy) is 2. The van der Waals surface area contributed by atoms with Crippen molar-refractivity contribution in [2.24, 2.45) is 0 Å². The van der Waals surface area contributed by atoms with Crippen molar-refractivity contribution in [3.63, 3.8) is 0 Å². The number of para-hydroxylation sites is 1. The second-order valence-electron chi connectivity index (χ2n) is 5.64. The highest BCUT2D eigenvalue weighted by Crippen LogP contribution is 2.19. The molecule has 2 rings (SSSR count). The average molecular weight is 291 g/mol. The Labute approximate surface area is 127 Å². The van der Waals surface area contributed by atoms with Crippen LogP contribution >= 0.6 is 0 Å². The van der Waals surface area contributed by atoms with Crippen LogP contribution < -0.4 is 4.74 Å². The number of Topliss-reactive ketones (excluding diaryl/α,β-unsaturated/α-hetero) is 1. The molecule has 1 aliphatic rings. The second-order valence-corrected chi connectivity index (χ2v) is 5.64. The van der Waals surface area contributed by atoms with E-state index in [4.69, 9.17) is 9.47 Å². The fraction of sp³-hybridized carbons (Fsp3) is 0.588. The summed E-state index contributed by atoms with van der Waals surface area (Å²) in [5.74, 6) is 0.818. The molecule has 1 aromatic rings. The van der Waals surface area contributed by atoms with Crippen molar-refractivity contribution >= 4 is 5.78 Å². The molecule has 4 heteroatoms. The van der Waals surface area contributed by atoms with E-state index in [0.29, 0.717) is 24.3 Å². The number of ketones is 1. The Morgan fingerprint density at radius 3 is 2.62 bits per heavy atom. The molecular formula is C17H25NO3. The normalized spacial score (nSPS) is 23.0. The van der Waals surface area contributed by atoms with Crippen molar-refractivity contribution in [3.8, 4) is 5.75 Å². The van der Waals surface area contributed by atoms with Gasteiger partial charge in [0.05, 0.1) is 17.8 Å². The van der Waals surface area contributed by atoms with Gasteiger partial charge < -0.3 is 9.47 Å². The number of carbonyl (C=O) groups excluding carboxylic acids is 1. The Morgan fingerprint density at radius 2 is 1.95 bits per heavy atom. The maximum atomic E-state index is 11.9. The summed E-state index contributed by atoms with van der Waals surface area (Å²) in [5, 5.41) is 0. The van der Waals surface area contributed by atoms with Crippen molar-refractivity contribution in [3.05, 3.63) is 29.8 Å². The number of rotatable bonds is 6. The first-order chi connectivity index (χ1) is 10.1. The lowest BCUT2D eigenvalue weighted by Gasteiger charge is -2.35. The third-order valence-electron chi connectivity index (χ3n) is 3.67. The van der Waals surface area contributed by atoms with Crippen LogP contribution in [0.25, 0.3) is 0 Å². The SMILES string of the molecule is CCC(=O)c1ccccc1OCCN1C[C@H](C)O[C@@H](C)C1. The molecule has 2 atom stereocenters. The van der Waals surface area contributed by atoms with Crippen LogP contribution in [0.1, 0.15) is 37.6 Å². The van der Waals surface area contributed by atoms with Crippen LogP contribution in [-0.4, -0.2) is 49.1 Å². The van der Waals surface area contributed by atoms with Gasteiger partial charge in [-0.1, -0.05) is 19.1 Å². The van der Waals surface area contributed by atoms with E-state index in [9.17, 15) is 4.79 Å². The molecule has 0 aromatic heterocycles. The first-order valence-corrected chi connectivity index (χ1v) is 7.73. The fourth-order valence-corrected chi connectivity index (χ4v) is 2.76. The van der Waals surface area contributed by atoms with E-state index < -0.39 is 0 Å². The number of nitrogens with zero attached hydrogens (tertiary/aromatic N) is 1. The van der Waals surface area contributed by atoms with E-state index in [-0.39, 0.29) is 18.0 Å². The third kappa shape index (κ3) is 4.55. The summed E-state index contributed by atoms with van der Waals surface area (Å²) in [7, 11) is 0. The van der Waals surface area contributed by atoms with Crippen molar-refractivity contribution in [2.45, 2.75) is 39.4 Å².